The standard InChI is InChI=1S/C26H26F3N3O/c1-2-5-20-17-24(32-14-3-4-15-32)22-16-21(11-12-23(22)30-20)31-25(33)13-8-18-6-9-19(10-7-18)26(27,28)29/h6-13,16-17H,2-5,14-15H2,1H3,(H,31,33)/b13-8+. The normalized spacial score (nSPS) is 14.4. The van der Waals surface area contributed by atoms with Gasteiger partial charge in [-0.25, -0.2) is 0 Å². The maximum Gasteiger partial charge on any atom is 0.416 e. The molecule has 0 atom stereocenters. The Morgan fingerprint density at radius 1 is 1.09 bits per heavy atom. The fraction of sp³-hybridized carbons (Fsp3) is 0.308. The fourth-order valence-electron chi connectivity index (χ4n) is 4.08. The van der Waals surface area contributed by atoms with E-state index in [2.05, 4.69) is 23.2 Å². The van der Waals surface area contributed by atoms with Crippen LogP contribution in [-0.4, -0.2) is 24.0 Å². The first-order valence-corrected chi connectivity index (χ1v) is 11.2. The molecule has 0 aliphatic carbocycles. The molecule has 1 fully saturated rings. The van der Waals surface area contributed by atoms with Crippen LogP contribution >= 0.6 is 0 Å². The van der Waals surface area contributed by atoms with Gasteiger partial charge in [0, 0.05) is 41.6 Å². The fourth-order valence-corrected chi connectivity index (χ4v) is 4.08. The van der Waals surface area contributed by atoms with Crippen LogP contribution in [0.15, 0.2) is 54.6 Å². The number of hydrogen-bond acceptors (Lipinski definition) is 3. The van der Waals surface area contributed by atoms with Gasteiger partial charge in [-0.1, -0.05) is 25.5 Å². The summed E-state index contributed by atoms with van der Waals surface area (Å²) in [5.74, 6) is -0.354. The number of fused-ring (bicyclic) bond motifs is 1. The molecule has 1 amide bonds. The number of benzene rings is 2. The second-order valence-electron chi connectivity index (χ2n) is 8.25. The molecule has 0 unspecified atom stereocenters. The summed E-state index contributed by atoms with van der Waals surface area (Å²) in [6.07, 6.45) is 2.70. The molecule has 172 valence electrons. The van der Waals surface area contributed by atoms with Crippen molar-refractivity contribution in [2.75, 3.05) is 23.3 Å². The largest absolute Gasteiger partial charge is 0.416 e. The van der Waals surface area contributed by atoms with Crippen molar-refractivity contribution in [1.29, 1.82) is 0 Å². The number of halogens is 3. The van der Waals surface area contributed by atoms with E-state index < -0.39 is 11.7 Å². The Balaban J connectivity index is 1.53. The highest BCUT2D eigenvalue weighted by Crippen LogP contribution is 2.32. The van der Waals surface area contributed by atoms with Gasteiger partial charge in [0.1, 0.15) is 0 Å². The van der Waals surface area contributed by atoms with Crippen molar-refractivity contribution in [1.82, 2.24) is 4.98 Å². The Labute approximate surface area is 191 Å². The van der Waals surface area contributed by atoms with Crippen molar-refractivity contribution in [2.24, 2.45) is 0 Å². The van der Waals surface area contributed by atoms with E-state index in [1.165, 1.54) is 24.3 Å². The number of carbonyl (C=O) groups is 1. The average molecular weight is 454 g/mol. The van der Waals surface area contributed by atoms with Crippen molar-refractivity contribution in [3.05, 3.63) is 71.4 Å². The van der Waals surface area contributed by atoms with Crippen LogP contribution in [0.2, 0.25) is 0 Å². The van der Waals surface area contributed by atoms with E-state index in [1.807, 2.05) is 18.2 Å². The molecule has 4 nitrogen and oxygen atoms in total. The third-order valence-electron chi connectivity index (χ3n) is 5.73. The summed E-state index contributed by atoms with van der Waals surface area (Å²) in [6.45, 7) is 4.16. The van der Waals surface area contributed by atoms with E-state index in [-0.39, 0.29) is 5.91 Å². The first kappa shape index (κ1) is 22.8. The molecule has 0 radical (unpaired) electrons. The number of rotatable bonds is 6. The molecule has 33 heavy (non-hydrogen) atoms. The third kappa shape index (κ3) is 5.53. The Kier molecular flexibility index (Phi) is 6.67. The number of nitrogens with one attached hydrogen (secondary N) is 1. The maximum atomic E-state index is 12.7. The van der Waals surface area contributed by atoms with Crippen LogP contribution < -0.4 is 10.2 Å². The third-order valence-corrected chi connectivity index (χ3v) is 5.73. The van der Waals surface area contributed by atoms with Gasteiger partial charge in [0.25, 0.3) is 0 Å². The number of carbonyl (C=O) groups excluding carboxylic acids is 1. The van der Waals surface area contributed by atoms with Crippen LogP contribution in [0, 0.1) is 0 Å². The number of pyridine rings is 1. The second kappa shape index (κ2) is 9.65. The minimum Gasteiger partial charge on any atom is -0.371 e. The van der Waals surface area contributed by atoms with Crippen LogP contribution in [-0.2, 0) is 17.4 Å². The zero-order chi connectivity index (χ0) is 23.4. The SMILES string of the molecule is CCCc1cc(N2CCCC2)c2cc(NC(=O)/C=C/c3ccc(C(F)(F)F)cc3)ccc2n1. The molecule has 0 spiro atoms. The molecule has 1 N–H and O–H groups in total. The quantitative estimate of drug-likeness (QED) is 0.436. The summed E-state index contributed by atoms with van der Waals surface area (Å²) < 4.78 is 38.1. The number of alkyl halides is 3. The van der Waals surface area contributed by atoms with E-state index in [4.69, 9.17) is 4.98 Å². The monoisotopic (exact) mass is 453 g/mol. The molecule has 2 heterocycles. The van der Waals surface area contributed by atoms with Crippen molar-refractivity contribution < 1.29 is 18.0 Å². The topological polar surface area (TPSA) is 45.2 Å². The van der Waals surface area contributed by atoms with Gasteiger partial charge in [-0.2, -0.15) is 13.2 Å². The summed E-state index contributed by atoms with van der Waals surface area (Å²) in [6, 6.07) is 12.5. The van der Waals surface area contributed by atoms with Crippen LogP contribution in [0.4, 0.5) is 24.5 Å². The van der Waals surface area contributed by atoms with Gasteiger partial charge >= 0.3 is 6.18 Å². The number of aromatic nitrogens is 1. The molecule has 1 saturated heterocycles. The minimum absolute atomic E-state index is 0.354. The highest BCUT2D eigenvalue weighted by atomic mass is 19.4. The first-order valence-electron chi connectivity index (χ1n) is 11.2. The number of amides is 1. The van der Waals surface area contributed by atoms with E-state index in [9.17, 15) is 18.0 Å². The summed E-state index contributed by atoms with van der Waals surface area (Å²) in [7, 11) is 0. The minimum atomic E-state index is -4.38. The van der Waals surface area contributed by atoms with Crippen LogP contribution in [0.25, 0.3) is 17.0 Å². The molecule has 0 saturated carbocycles. The molecule has 4 rings (SSSR count). The Morgan fingerprint density at radius 2 is 1.82 bits per heavy atom. The predicted molar refractivity (Wildman–Crippen MR) is 126 cm³/mol. The molecular formula is C26H26F3N3O. The van der Waals surface area contributed by atoms with Crippen molar-refractivity contribution in [3.8, 4) is 0 Å². The lowest BCUT2D eigenvalue weighted by molar-refractivity contribution is -0.137. The first-order chi connectivity index (χ1) is 15.8. The Morgan fingerprint density at radius 3 is 2.48 bits per heavy atom. The molecule has 1 aliphatic rings. The van der Waals surface area contributed by atoms with Gasteiger partial charge in [-0.3, -0.25) is 9.78 Å². The van der Waals surface area contributed by atoms with Crippen LogP contribution in [0.3, 0.4) is 0 Å². The molecule has 0 bridgehead atoms. The molecule has 3 aromatic rings. The van der Waals surface area contributed by atoms with E-state index in [1.54, 1.807) is 0 Å². The number of aryl methyl sites for hydroxylation is 1. The maximum absolute atomic E-state index is 12.7. The Bertz CT molecular complexity index is 1160. The second-order valence-corrected chi connectivity index (χ2v) is 8.25. The van der Waals surface area contributed by atoms with Gasteiger partial charge < -0.3 is 10.2 Å². The van der Waals surface area contributed by atoms with Gasteiger partial charge in [0.15, 0.2) is 0 Å². The van der Waals surface area contributed by atoms with E-state index >= 15 is 0 Å². The molecule has 2 aromatic carbocycles. The molecule has 1 aromatic heterocycles. The zero-order valence-electron chi connectivity index (χ0n) is 18.5. The average Bonchev–Trinajstić information content (AvgIpc) is 3.32. The molecule has 7 heteroatoms. The highest BCUT2D eigenvalue weighted by Gasteiger charge is 2.29. The van der Waals surface area contributed by atoms with Gasteiger partial charge in [-0.15, -0.1) is 0 Å². The lowest BCUT2D eigenvalue weighted by Gasteiger charge is -2.21. The number of nitrogens with zero attached hydrogens (tertiary/aromatic N) is 2. The lowest BCUT2D eigenvalue weighted by Crippen LogP contribution is -2.18. The highest BCUT2D eigenvalue weighted by molar-refractivity contribution is 6.04. The smallest absolute Gasteiger partial charge is 0.371 e. The molecular weight excluding hydrogens is 427 g/mol. The number of hydrogen-bond donors (Lipinski definition) is 1. The van der Waals surface area contributed by atoms with Crippen LogP contribution in [0.5, 0.6) is 0 Å². The lowest BCUT2D eigenvalue weighted by atomic mass is 10.1. The van der Waals surface area contributed by atoms with Crippen LogP contribution in [0.1, 0.15) is 43.0 Å². The van der Waals surface area contributed by atoms with Gasteiger partial charge in [0.2, 0.25) is 5.91 Å². The Hall–Kier alpha value is -3.35. The summed E-state index contributed by atoms with van der Waals surface area (Å²) >= 11 is 0. The van der Waals surface area contributed by atoms with Gasteiger partial charge in [-0.05, 0) is 67.3 Å². The van der Waals surface area contributed by atoms with Crippen molar-refractivity contribution >= 4 is 34.3 Å². The summed E-state index contributed by atoms with van der Waals surface area (Å²) in [5.41, 5.74) is 3.57. The van der Waals surface area contributed by atoms with Crippen molar-refractivity contribution in [2.45, 2.75) is 38.8 Å². The zero-order valence-corrected chi connectivity index (χ0v) is 18.5. The van der Waals surface area contributed by atoms with E-state index in [0.29, 0.717) is 11.3 Å². The number of anilines is 2. The summed E-state index contributed by atoms with van der Waals surface area (Å²) in [4.78, 5) is 19.6. The summed E-state index contributed by atoms with van der Waals surface area (Å²) in [5, 5.41) is 3.85. The van der Waals surface area contributed by atoms with E-state index in [0.717, 1.165) is 73.2 Å². The van der Waals surface area contributed by atoms with Gasteiger partial charge in [0.05, 0.1) is 11.1 Å². The van der Waals surface area contributed by atoms with Crippen molar-refractivity contribution in [3.63, 3.8) is 0 Å². The predicted octanol–water partition coefficient (Wildman–Crippen LogP) is 6.46. The molecule has 1 aliphatic heterocycles.